The summed E-state index contributed by atoms with van der Waals surface area (Å²) in [6.07, 6.45) is 2.85. The van der Waals surface area contributed by atoms with Crippen molar-refractivity contribution in [2.75, 3.05) is 7.05 Å². The van der Waals surface area contributed by atoms with Crippen molar-refractivity contribution >= 4 is 5.97 Å². The molecule has 76 valence electrons. The Morgan fingerprint density at radius 3 is 2.62 bits per heavy atom. The summed E-state index contributed by atoms with van der Waals surface area (Å²) in [7, 11) is 1.90. The van der Waals surface area contributed by atoms with Crippen LogP contribution in [-0.4, -0.2) is 24.2 Å². The number of carboxylic acid groups (broad SMARTS) is 1. The van der Waals surface area contributed by atoms with E-state index < -0.39 is 5.97 Å². The highest BCUT2D eigenvalue weighted by atomic mass is 16.4. The highest BCUT2D eigenvalue weighted by Crippen LogP contribution is 2.40. The van der Waals surface area contributed by atoms with Gasteiger partial charge in [0.2, 0.25) is 0 Å². The highest BCUT2D eigenvalue weighted by Gasteiger charge is 2.40. The van der Waals surface area contributed by atoms with E-state index in [2.05, 4.69) is 19.2 Å². The highest BCUT2D eigenvalue weighted by molar-refractivity contribution is 5.71. The molecule has 0 aliphatic heterocycles. The number of carbonyl (C=O) groups is 1. The number of hydrogen-bond acceptors (Lipinski definition) is 2. The fourth-order valence-corrected chi connectivity index (χ4v) is 2.14. The van der Waals surface area contributed by atoms with E-state index >= 15 is 0 Å². The number of hydrogen-bond donors (Lipinski definition) is 2. The van der Waals surface area contributed by atoms with Gasteiger partial charge in [-0.25, -0.2) is 0 Å². The summed E-state index contributed by atoms with van der Waals surface area (Å²) in [5, 5.41) is 12.2. The minimum atomic E-state index is -0.648. The molecule has 1 aliphatic rings. The number of aliphatic carboxylic acids is 1. The van der Waals surface area contributed by atoms with E-state index in [1.54, 1.807) is 0 Å². The first-order valence-electron chi connectivity index (χ1n) is 4.87. The van der Waals surface area contributed by atoms with Gasteiger partial charge in [0, 0.05) is 6.04 Å². The van der Waals surface area contributed by atoms with Gasteiger partial charge in [0.05, 0.1) is 5.92 Å². The minimum absolute atomic E-state index is 0.0425. The lowest BCUT2D eigenvalue weighted by molar-refractivity contribution is -0.148. The molecule has 0 heterocycles. The van der Waals surface area contributed by atoms with Gasteiger partial charge >= 0.3 is 5.97 Å². The molecule has 1 fully saturated rings. The van der Waals surface area contributed by atoms with Gasteiger partial charge in [-0.3, -0.25) is 4.79 Å². The number of carboxylic acids is 1. The Morgan fingerprint density at radius 2 is 2.15 bits per heavy atom. The average molecular weight is 185 g/mol. The van der Waals surface area contributed by atoms with Crippen molar-refractivity contribution in [3.05, 3.63) is 0 Å². The molecule has 2 unspecified atom stereocenters. The SMILES string of the molecule is CNC1CCC(C)(C)C(C(=O)O)C1. The maximum Gasteiger partial charge on any atom is 0.307 e. The van der Waals surface area contributed by atoms with E-state index in [0.29, 0.717) is 6.04 Å². The summed E-state index contributed by atoms with van der Waals surface area (Å²) in [6.45, 7) is 4.11. The third-order valence-corrected chi connectivity index (χ3v) is 3.31. The monoisotopic (exact) mass is 185 g/mol. The second-order valence-corrected chi connectivity index (χ2v) is 4.64. The lowest BCUT2D eigenvalue weighted by Crippen LogP contribution is -2.43. The average Bonchev–Trinajstić information content (AvgIpc) is 2.03. The first-order valence-corrected chi connectivity index (χ1v) is 4.87. The van der Waals surface area contributed by atoms with Crippen LogP contribution < -0.4 is 5.32 Å². The molecule has 0 aromatic rings. The smallest absolute Gasteiger partial charge is 0.307 e. The fraction of sp³-hybridized carbons (Fsp3) is 0.900. The zero-order valence-electron chi connectivity index (χ0n) is 8.63. The Kier molecular flexibility index (Phi) is 2.96. The van der Waals surface area contributed by atoms with Crippen molar-refractivity contribution < 1.29 is 9.90 Å². The summed E-state index contributed by atoms with van der Waals surface area (Å²) < 4.78 is 0. The van der Waals surface area contributed by atoms with Crippen LogP contribution in [0, 0.1) is 11.3 Å². The van der Waals surface area contributed by atoms with Crippen LogP contribution in [0.15, 0.2) is 0 Å². The Labute approximate surface area is 79.5 Å². The van der Waals surface area contributed by atoms with E-state index in [9.17, 15) is 4.79 Å². The zero-order chi connectivity index (χ0) is 10.1. The van der Waals surface area contributed by atoms with Gasteiger partial charge in [-0.05, 0) is 31.7 Å². The quantitative estimate of drug-likeness (QED) is 0.685. The molecule has 1 aliphatic carbocycles. The van der Waals surface area contributed by atoms with Crippen LogP contribution in [-0.2, 0) is 4.79 Å². The van der Waals surface area contributed by atoms with E-state index in [-0.39, 0.29) is 11.3 Å². The molecule has 0 spiro atoms. The second kappa shape index (κ2) is 3.66. The zero-order valence-corrected chi connectivity index (χ0v) is 8.63. The van der Waals surface area contributed by atoms with Crippen LogP contribution in [0.2, 0.25) is 0 Å². The number of nitrogens with one attached hydrogen (secondary N) is 1. The molecule has 0 amide bonds. The molecule has 0 aromatic carbocycles. The largest absolute Gasteiger partial charge is 0.481 e. The summed E-state index contributed by atoms with van der Waals surface area (Å²) in [4.78, 5) is 11.0. The molecule has 3 heteroatoms. The molecule has 0 saturated heterocycles. The molecular formula is C10H19NO2. The van der Waals surface area contributed by atoms with Crippen LogP contribution in [0.25, 0.3) is 0 Å². The van der Waals surface area contributed by atoms with E-state index in [1.165, 1.54) is 0 Å². The molecular weight excluding hydrogens is 166 g/mol. The summed E-state index contributed by atoms with van der Waals surface area (Å²) in [5.74, 6) is -0.844. The van der Waals surface area contributed by atoms with Gasteiger partial charge in [-0.15, -0.1) is 0 Å². The Hall–Kier alpha value is -0.570. The fourth-order valence-electron chi connectivity index (χ4n) is 2.14. The van der Waals surface area contributed by atoms with E-state index in [0.717, 1.165) is 19.3 Å². The lowest BCUT2D eigenvalue weighted by atomic mass is 9.67. The van der Waals surface area contributed by atoms with Crippen molar-refractivity contribution in [1.29, 1.82) is 0 Å². The first kappa shape index (κ1) is 10.5. The van der Waals surface area contributed by atoms with Gasteiger partial charge in [-0.1, -0.05) is 13.8 Å². The van der Waals surface area contributed by atoms with Gasteiger partial charge in [0.15, 0.2) is 0 Å². The summed E-state index contributed by atoms with van der Waals surface area (Å²) >= 11 is 0. The van der Waals surface area contributed by atoms with Gasteiger partial charge in [0.1, 0.15) is 0 Å². The lowest BCUT2D eigenvalue weighted by Gasteiger charge is -2.39. The molecule has 2 N–H and O–H groups in total. The second-order valence-electron chi connectivity index (χ2n) is 4.64. The van der Waals surface area contributed by atoms with E-state index in [4.69, 9.17) is 5.11 Å². The third kappa shape index (κ3) is 2.21. The predicted molar refractivity (Wildman–Crippen MR) is 51.6 cm³/mol. The molecule has 0 bridgehead atoms. The maximum atomic E-state index is 11.0. The predicted octanol–water partition coefficient (Wildman–Crippen LogP) is 1.49. The van der Waals surface area contributed by atoms with Crippen molar-refractivity contribution in [2.24, 2.45) is 11.3 Å². The van der Waals surface area contributed by atoms with Crippen molar-refractivity contribution in [3.8, 4) is 0 Å². The molecule has 2 atom stereocenters. The molecule has 0 aromatic heterocycles. The standard InChI is InChI=1S/C10H19NO2/c1-10(2)5-4-7(11-3)6-8(10)9(12)13/h7-8,11H,4-6H2,1-3H3,(H,12,13). The molecule has 0 radical (unpaired) electrons. The van der Waals surface area contributed by atoms with Crippen LogP contribution in [0.5, 0.6) is 0 Å². The van der Waals surface area contributed by atoms with Crippen LogP contribution in [0.4, 0.5) is 0 Å². The maximum absolute atomic E-state index is 11.0. The topological polar surface area (TPSA) is 49.3 Å². The minimum Gasteiger partial charge on any atom is -0.481 e. The van der Waals surface area contributed by atoms with Crippen LogP contribution in [0.3, 0.4) is 0 Å². The number of rotatable bonds is 2. The Morgan fingerprint density at radius 1 is 1.54 bits per heavy atom. The molecule has 3 nitrogen and oxygen atoms in total. The first-order chi connectivity index (χ1) is 5.97. The summed E-state index contributed by atoms with van der Waals surface area (Å²) in [5.41, 5.74) is -0.0425. The molecule has 13 heavy (non-hydrogen) atoms. The van der Waals surface area contributed by atoms with Gasteiger partial charge in [0.25, 0.3) is 0 Å². The van der Waals surface area contributed by atoms with E-state index in [1.807, 2.05) is 7.05 Å². The van der Waals surface area contributed by atoms with Crippen LogP contribution in [0.1, 0.15) is 33.1 Å². The Balaban J connectivity index is 2.69. The van der Waals surface area contributed by atoms with Crippen molar-refractivity contribution in [2.45, 2.75) is 39.2 Å². The van der Waals surface area contributed by atoms with Gasteiger partial charge in [-0.2, -0.15) is 0 Å². The van der Waals surface area contributed by atoms with Crippen LogP contribution >= 0.6 is 0 Å². The molecule has 1 saturated carbocycles. The molecule has 1 rings (SSSR count). The Bertz CT molecular complexity index is 201. The summed E-state index contributed by atoms with van der Waals surface area (Å²) in [6, 6.07) is 0.383. The van der Waals surface area contributed by atoms with Crippen molar-refractivity contribution in [1.82, 2.24) is 5.32 Å². The third-order valence-electron chi connectivity index (χ3n) is 3.31. The van der Waals surface area contributed by atoms with Crippen molar-refractivity contribution in [3.63, 3.8) is 0 Å². The normalized spacial score (nSPS) is 32.8. The van der Waals surface area contributed by atoms with Gasteiger partial charge < -0.3 is 10.4 Å².